The van der Waals surface area contributed by atoms with E-state index in [1.54, 1.807) is 24.3 Å². The topological polar surface area (TPSA) is 59.5 Å². The van der Waals surface area contributed by atoms with Crippen LogP contribution in [0.1, 0.15) is 24.8 Å². The second-order valence-corrected chi connectivity index (χ2v) is 8.99. The van der Waals surface area contributed by atoms with Crippen molar-refractivity contribution < 1.29 is 17.5 Å². The summed E-state index contributed by atoms with van der Waals surface area (Å²) in [4.78, 5) is 4.47. The SMILES string of the molecule is COc1ccc(CSc2ccc(S(=O)(=O)N3CCCCC3)cn2)cc1F. The number of thioether (sulfide) groups is 1. The largest absolute Gasteiger partial charge is 0.494 e. The van der Waals surface area contributed by atoms with E-state index < -0.39 is 15.8 Å². The van der Waals surface area contributed by atoms with Gasteiger partial charge in [0, 0.05) is 25.0 Å². The molecule has 1 saturated heterocycles. The predicted molar refractivity (Wildman–Crippen MR) is 99.4 cm³/mol. The van der Waals surface area contributed by atoms with Gasteiger partial charge >= 0.3 is 0 Å². The van der Waals surface area contributed by atoms with Crippen LogP contribution in [-0.4, -0.2) is 37.9 Å². The van der Waals surface area contributed by atoms with E-state index in [0.717, 1.165) is 24.8 Å². The average molecular weight is 397 g/mol. The quantitative estimate of drug-likeness (QED) is 0.697. The van der Waals surface area contributed by atoms with Gasteiger partial charge in [0.25, 0.3) is 0 Å². The molecule has 0 spiro atoms. The molecule has 0 saturated carbocycles. The molecule has 140 valence electrons. The number of sulfonamides is 1. The van der Waals surface area contributed by atoms with E-state index in [4.69, 9.17) is 4.74 Å². The highest BCUT2D eigenvalue weighted by Crippen LogP contribution is 2.26. The smallest absolute Gasteiger partial charge is 0.244 e. The molecule has 5 nitrogen and oxygen atoms in total. The fourth-order valence-electron chi connectivity index (χ4n) is 2.82. The molecule has 2 aromatic rings. The van der Waals surface area contributed by atoms with Crippen molar-refractivity contribution >= 4 is 21.8 Å². The maximum atomic E-state index is 13.7. The van der Waals surface area contributed by atoms with Gasteiger partial charge in [-0.15, -0.1) is 11.8 Å². The van der Waals surface area contributed by atoms with Gasteiger partial charge in [0.1, 0.15) is 4.90 Å². The molecule has 0 bridgehead atoms. The van der Waals surface area contributed by atoms with Crippen molar-refractivity contribution in [2.75, 3.05) is 20.2 Å². The van der Waals surface area contributed by atoms with E-state index in [1.807, 2.05) is 0 Å². The second-order valence-electron chi connectivity index (χ2n) is 6.05. The van der Waals surface area contributed by atoms with Crippen molar-refractivity contribution in [2.45, 2.75) is 34.9 Å². The summed E-state index contributed by atoms with van der Waals surface area (Å²) in [5.41, 5.74) is 0.806. The van der Waals surface area contributed by atoms with Gasteiger partial charge in [-0.1, -0.05) is 12.5 Å². The number of hydrogen-bond donors (Lipinski definition) is 0. The minimum Gasteiger partial charge on any atom is -0.494 e. The van der Waals surface area contributed by atoms with E-state index in [0.29, 0.717) is 23.9 Å². The van der Waals surface area contributed by atoms with Crippen molar-refractivity contribution in [3.05, 3.63) is 47.9 Å². The fraction of sp³-hybridized carbons (Fsp3) is 0.389. The number of hydrogen-bond acceptors (Lipinski definition) is 5. The van der Waals surface area contributed by atoms with Crippen LogP contribution in [0.2, 0.25) is 0 Å². The second kappa shape index (κ2) is 8.37. The number of halogens is 1. The van der Waals surface area contributed by atoms with Gasteiger partial charge in [0.2, 0.25) is 10.0 Å². The van der Waals surface area contributed by atoms with Crippen molar-refractivity contribution in [1.29, 1.82) is 0 Å². The molecule has 0 amide bonds. The predicted octanol–water partition coefficient (Wildman–Crippen LogP) is 3.70. The summed E-state index contributed by atoms with van der Waals surface area (Å²) >= 11 is 1.42. The molecule has 3 rings (SSSR count). The van der Waals surface area contributed by atoms with Gasteiger partial charge < -0.3 is 4.74 Å². The molecule has 1 aromatic carbocycles. The monoisotopic (exact) mass is 396 g/mol. The molecule has 1 aliphatic rings. The van der Waals surface area contributed by atoms with Crippen LogP contribution in [0.5, 0.6) is 5.75 Å². The molecule has 1 aromatic heterocycles. The van der Waals surface area contributed by atoms with Gasteiger partial charge in [0.05, 0.1) is 12.1 Å². The van der Waals surface area contributed by atoms with Crippen molar-refractivity contribution in [2.24, 2.45) is 0 Å². The van der Waals surface area contributed by atoms with E-state index in [-0.39, 0.29) is 10.6 Å². The first-order valence-electron chi connectivity index (χ1n) is 8.42. The number of ether oxygens (including phenoxy) is 1. The summed E-state index contributed by atoms with van der Waals surface area (Å²) in [6.07, 6.45) is 4.28. The molecule has 0 radical (unpaired) electrons. The maximum absolute atomic E-state index is 13.7. The molecule has 2 heterocycles. The van der Waals surface area contributed by atoms with Crippen molar-refractivity contribution in [3.63, 3.8) is 0 Å². The highest BCUT2D eigenvalue weighted by Gasteiger charge is 2.26. The summed E-state index contributed by atoms with van der Waals surface area (Å²) < 4.78 is 45.3. The van der Waals surface area contributed by atoms with Crippen LogP contribution in [0.25, 0.3) is 0 Å². The zero-order valence-corrected chi connectivity index (χ0v) is 16.2. The van der Waals surface area contributed by atoms with E-state index in [1.165, 1.54) is 35.4 Å². The summed E-state index contributed by atoms with van der Waals surface area (Å²) in [5, 5.41) is 0.693. The Labute approximate surface area is 157 Å². The Balaban J connectivity index is 1.65. The molecule has 0 N–H and O–H groups in total. The van der Waals surface area contributed by atoms with E-state index >= 15 is 0 Å². The van der Waals surface area contributed by atoms with Crippen LogP contribution < -0.4 is 4.74 Å². The molecule has 1 fully saturated rings. The molecule has 8 heteroatoms. The van der Waals surface area contributed by atoms with Crippen LogP contribution in [0.3, 0.4) is 0 Å². The van der Waals surface area contributed by atoms with E-state index in [2.05, 4.69) is 4.98 Å². The maximum Gasteiger partial charge on any atom is 0.244 e. The molecule has 0 aliphatic carbocycles. The summed E-state index contributed by atoms with van der Waals surface area (Å²) in [7, 11) is -2.03. The van der Waals surface area contributed by atoms with Crippen LogP contribution in [0, 0.1) is 5.82 Å². The highest BCUT2D eigenvalue weighted by atomic mass is 32.2. The Kier molecular flexibility index (Phi) is 6.16. The third-order valence-corrected chi connectivity index (χ3v) is 7.16. The van der Waals surface area contributed by atoms with Gasteiger partial charge in [-0.25, -0.2) is 17.8 Å². The van der Waals surface area contributed by atoms with E-state index in [9.17, 15) is 12.8 Å². The Hall–Kier alpha value is -1.64. The molecular weight excluding hydrogens is 375 g/mol. The Bertz CT molecular complexity index is 851. The number of piperidine rings is 1. The van der Waals surface area contributed by atoms with Gasteiger partial charge in [-0.2, -0.15) is 4.31 Å². The van der Waals surface area contributed by atoms with Crippen LogP contribution >= 0.6 is 11.8 Å². The standard InChI is InChI=1S/C18H21FN2O3S2/c1-24-17-7-5-14(11-16(17)19)13-25-18-8-6-15(12-20-18)26(22,23)21-9-3-2-4-10-21/h5-8,11-12H,2-4,9-10,13H2,1H3. The average Bonchev–Trinajstić information content (AvgIpc) is 2.67. The molecular formula is C18H21FN2O3S2. The number of methoxy groups -OCH3 is 1. The molecule has 0 unspecified atom stereocenters. The Morgan fingerprint density at radius 3 is 2.58 bits per heavy atom. The lowest BCUT2D eigenvalue weighted by Crippen LogP contribution is -2.35. The first kappa shape index (κ1) is 19.1. The van der Waals surface area contributed by atoms with Gasteiger partial charge in [0.15, 0.2) is 11.6 Å². The minimum absolute atomic E-state index is 0.212. The number of aromatic nitrogens is 1. The minimum atomic E-state index is -3.46. The third-order valence-electron chi connectivity index (χ3n) is 4.26. The lowest BCUT2D eigenvalue weighted by molar-refractivity contribution is 0.346. The number of benzene rings is 1. The van der Waals surface area contributed by atoms with Gasteiger partial charge in [-0.3, -0.25) is 0 Å². The normalized spacial score (nSPS) is 15.8. The third kappa shape index (κ3) is 4.36. The molecule has 26 heavy (non-hydrogen) atoms. The lowest BCUT2D eigenvalue weighted by atomic mass is 10.2. The number of nitrogens with zero attached hydrogens (tertiary/aromatic N) is 2. The van der Waals surface area contributed by atoms with Crippen molar-refractivity contribution in [3.8, 4) is 5.75 Å². The van der Waals surface area contributed by atoms with Crippen LogP contribution in [0.15, 0.2) is 46.5 Å². The van der Waals surface area contributed by atoms with Crippen LogP contribution in [-0.2, 0) is 15.8 Å². The Morgan fingerprint density at radius 2 is 1.96 bits per heavy atom. The Morgan fingerprint density at radius 1 is 1.19 bits per heavy atom. The number of pyridine rings is 1. The van der Waals surface area contributed by atoms with Gasteiger partial charge in [-0.05, 0) is 42.7 Å². The zero-order chi connectivity index (χ0) is 18.6. The van der Waals surface area contributed by atoms with Crippen molar-refractivity contribution in [1.82, 2.24) is 9.29 Å². The summed E-state index contributed by atoms with van der Waals surface area (Å²) in [6.45, 7) is 1.14. The summed E-state index contributed by atoms with van der Waals surface area (Å²) in [5.74, 6) is 0.345. The van der Waals surface area contributed by atoms with Crippen LogP contribution in [0.4, 0.5) is 4.39 Å². The fourth-order valence-corrected chi connectivity index (χ4v) is 5.06. The first-order valence-corrected chi connectivity index (χ1v) is 10.8. The lowest BCUT2D eigenvalue weighted by Gasteiger charge is -2.25. The number of rotatable bonds is 6. The first-order chi connectivity index (χ1) is 12.5. The molecule has 1 aliphatic heterocycles. The summed E-state index contributed by atoms with van der Waals surface area (Å²) in [6, 6.07) is 8.10. The highest BCUT2D eigenvalue weighted by molar-refractivity contribution is 7.98. The molecule has 0 atom stereocenters. The zero-order valence-electron chi connectivity index (χ0n) is 14.5.